The third-order valence-corrected chi connectivity index (χ3v) is 4.35. The van der Waals surface area contributed by atoms with Gasteiger partial charge in [-0.05, 0) is 44.4 Å². The minimum atomic E-state index is -0.503. The van der Waals surface area contributed by atoms with E-state index in [1.165, 1.54) is 18.4 Å². The van der Waals surface area contributed by atoms with E-state index in [1.807, 2.05) is 20.8 Å². The molecule has 0 saturated heterocycles. The molecule has 0 aliphatic carbocycles. The van der Waals surface area contributed by atoms with Gasteiger partial charge in [-0.15, -0.1) is 11.3 Å². The summed E-state index contributed by atoms with van der Waals surface area (Å²) in [6.07, 6.45) is 0. The Morgan fingerprint density at radius 3 is 2.11 bits per heavy atom. The Labute approximate surface area is 162 Å². The zero-order valence-electron chi connectivity index (χ0n) is 15.8. The van der Waals surface area contributed by atoms with Crippen molar-refractivity contribution in [1.82, 2.24) is 0 Å². The Morgan fingerprint density at radius 1 is 1.00 bits per heavy atom. The number of anilines is 1. The van der Waals surface area contributed by atoms with E-state index >= 15 is 0 Å². The van der Waals surface area contributed by atoms with Crippen LogP contribution in [0.1, 0.15) is 40.8 Å². The number of carbonyl (C=O) groups excluding carboxylic acids is 2. The van der Waals surface area contributed by atoms with Crippen LogP contribution in [0, 0.1) is 0 Å². The molecule has 1 aromatic carbocycles. The SMILES string of the molecule is CCOc1cc(C(=O)Nc2ccsc2C(=O)OC)cc(OCC)c1OCC. The number of hydrogen-bond donors (Lipinski definition) is 1. The standard InChI is InChI=1S/C19H23NO6S/c1-5-24-14-10-12(11-15(25-6-2)16(14)26-7-3)18(21)20-13-8-9-27-17(13)19(22)23-4/h8-11H,5-7H2,1-4H3,(H,20,21). The van der Waals surface area contributed by atoms with Gasteiger partial charge in [-0.25, -0.2) is 4.79 Å². The number of methoxy groups -OCH3 is 1. The molecule has 0 aliphatic rings. The van der Waals surface area contributed by atoms with Crippen molar-refractivity contribution in [3.8, 4) is 17.2 Å². The Bertz CT molecular complexity index is 774. The Balaban J connectivity index is 2.37. The predicted molar refractivity (Wildman–Crippen MR) is 104 cm³/mol. The van der Waals surface area contributed by atoms with E-state index in [2.05, 4.69) is 5.32 Å². The molecule has 1 aromatic heterocycles. The summed E-state index contributed by atoms with van der Waals surface area (Å²) in [5.41, 5.74) is 0.717. The van der Waals surface area contributed by atoms with E-state index in [9.17, 15) is 9.59 Å². The largest absolute Gasteiger partial charge is 0.490 e. The van der Waals surface area contributed by atoms with E-state index in [4.69, 9.17) is 18.9 Å². The fourth-order valence-corrected chi connectivity index (χ4v) is 3.14. The fraction of sp³-hybridized carbons (Fsp3) is 0.368. The number of nitrogens with one attached hydrogen (secondary N) is 1. The monoisotopic (exact) mass is 393 g/mol. The molecule has 0 atom stereocenters. The molecule has 2 rings (SSSR count). The molecule has 7 nitrogen and oxygen atoms in total. The molecule has 146 valence electrons. The average Bonchev–Trinajstić information content (AvgIpc) is 3.11. The van der Waals surface area contributed by atoms with Crippen molar-refractivity contribution in [2.24, 2.45) is 0 Å². The zero-order valence-corrected chi connectivity index (χ0v) is 16.6. The second-order valence-electron chi connectivity index (χ2n) is 5.21. The first-order valence-electron chi connectivity index (χ1n) is 8.59. The lowest BCUT2D eigenvalue weighted by Gasteiger charge is -2.17. The maximum absolute atomic E-state index is 12.7. The molecule has 1 amide bonds. The van der Waals surface area contributed by atoms with Gasteiger partial charge in [0.15, 0.2) is 11.5 Å². The van der Waals surface area contributed by atoms with Crippen LogP contribution >= 0.6 is 11.3 Å². The van der Waals surface area contributed by atoms with Crippen molar-refractivity contribution in [2.45, 2.75) is 20.8 Å². The lowest BCUT2D eigenvalue weighted by Crippen LogP contribution is -2.15. The highest BCUT2D eigenvalue weighted by Gasteiger charge is 2.20. The highest BCUT2D eigenvalue weighted by atomic mass is 32.1. The summed E-state index contributed by atoms with van der Waals surface area (Å²) in [6, 6.07) is 4.84. The summed E-state index contributed by atoms with van der Waals surface area (Å²) < 4.78 is 21.6. The number of esters is 1. The molecule has 0 unspecified atom stereocenters. The van der Waals surface area contributed by atoms with Gasteiger partial charge >= 0.3 is 5.97 Å². The molecular formula is C19H23NO6S. The number of hydrogen-bond acceptors (Lipinski definition) is 7. The van der Waals surface area contributed by atoms with Crippen LogP contribution in [0.4, 0.5) is 5.69 Å². The quantitative estimate of drug-likeness (QED) is 0.649. The van der Waals surface area contributed by atoms with Crippen LogP contribution < -0.4 is 19.5 Å². The van der Waals surface area contributed by atoms with Gasteiger partial charge in [0, 0.05) is 5.56 Å². The van der Waals surface area contributed by atoms with Gasteiger partial charge in [-0.1, -0.05) is 0 Å². The minimum Gasteiger partial charge on any atom is -0.490 e. The van der Waals surface area contributed by atoms with Crippen LogP contribution in [0.25, 0.3) is 0 Å². The van der Waals surface area contributed by atoms with Crippen molar-refractivity contribution in [1.29, 1.82) is 0 Å². The van der Waals surface area contributed by atoms with Crippen LogP contribution in [0.5, 0.6) is 17.2 Å². The van der Waals surface area contributed by atoms with Crippen molar-refractivity contribution in [2.75, 3.05) is 32.2 Å². The Morgan fingerprint density at radius 2 is 1.59 bits per heavy atom. The Hall–Kier alpha value is -2.74. The van der Waals surface area contributed by atoms with Gasteiger partial charge in [-0.2, -0.15) is 0 Å². The van der Waals surface area contributed by atoms with Crippen molar-refractivity contribution in [3.05, 3.63) is 34.0 Å². The summed E-state index contributed by atoms with van der Waals surface area (Å²) >= 11 is 1.19. The van der Waals surface area contributed by atoms with Crippen molar-refractivity contribution >= 4 is 28.9 Å². The highest BCUT2D eigenvalue weighted by Crippen LogP contribution is 2.39. The normalized spacial score (nSPS) is 10.2. The first-order valence-corrected chi connectivity index (χ1v) is 9.47. The molecule has 0 fully saturated rings. The van der Waals surface area contributed by atoms with Gasteiger partial charge in [0.1, 0.15) is 4.88 Å². The van der Waals surface area contributed by atoms with Gasteiger partial charge in [0.25, 0.3) is 5.91 Å². The fourth-order valence-electron chi connectivity index (χ4n) is 2.37. The summed E-state index contributed by atoms with van der Waals surface area (Å²) in [5, 5.41) is 4.44. The second kappa shape index (κ2) is 9.82. The van der Waals surface area contributed by atoms with Crippen LogP contribution in [0.15, 0.2) is 23.6 Å². The molecule has 0 aliphatic heterocycles. The van der Waals surface area contributed by atoms with E-state index in [1.54, 1.807) is 23.6 Å². The number of thiophene rings is 1. The van der Waals surface area contributed by atoms with Crippen LogP contribution in [-0.4, -0.2) is 38.8 Å². The second-order valence-corrected chi connectivity index (χ2v) is 6.13. The predicted octanol–water partition coefficient (Wildman–Crippen LogP) is 3.98. The summed E-state index contributed by atoms with van der Waals surface area (Å²) in [6.45, 7) is 6.80. The molecule has 1 heterocycles. The molecule has 0 spiro atoms. The van der Waals surface area contributed by atoms with E-state index in [0.29, 0.717) is 53.2 Å². The summed E-state index contributed by atoms with van der Waals surface area (Å²) in [4.78, 5) is 24.9. The minimum absolute atomic E-state index is 0.326. The molecule has 27 heavy (non-hydrogen) atoms. The van der Waals surface area contributed by atoms with Crippen molar-refractivity contribution in [3.63, 3.8) is 0 Å². The highest BCUT2D eigenvalue weighted by molar-refractivity contribution is 7.12. The average molecular weight is 393 g/mol. The molecular weight excluding hydrogens is 370 g/mol. The first-order chi connectivity index (χ1) is 13.0. The number of ether oxygens (including phenoxy) is 4. The lowest BCUT2D eigenvalue weighted by molar-refractivity contribution is 0.0607. The third kappa shape index (κ3) is 4.91. The molecule has 2 aromatic rings. The maximum atomic E-state index is 12.7. The molecule has 8 heteroatoms. The van der Waals surface area contributed by atoms with Gasteiger partial charge in [0.05, 0.1) is 32.6 Å². The maximum Gasteiger partial charge on any atom is 0.350 e. The van der Waals surface area contributed by atoms with Crippen LogP contribution in [0.3, 0.4) is 0 Å². The summed E-state index contributed by atoms with van der Waals surface area (Å²) in [5.74, 6) is 0.409. The van der Waals surface area contributed by atoms with Crippen molar-refractivity contribution < 1.29 is 28.5 Å². The summed E-state index contributed by atoms with van der Waals surface area (Å²) in [7, 11) is 1.29. The van der Waals surface area contributed by atoms with E-state index in [-0.39, 0.29) is 0 Å². The van der Waals surface area contributed by atoms with Gasteiger partial charge in [-0.3, -0.25) is 4.79 Å². The smallest absolute Gasteiger partial charge is 0.350 e. The first kappa shape index (κ1) is 20.6. The number of benzene rings is 1. The Kier molecular flexibility index (Phi) is 7.48. The molecule has 0 bridgehead atoms. The zero-order chi connectivity index (χ0) is 19.8. The van der Waals surface area contributed by atoms with E-state index in [0.717, 1.165) is 0 Å². The molecule has 1 N–H and O–H groups in total. The number of carbonyl (C=O) groups is 2. The van der Waals surface area contributed by atoms with Crippen LogP contribution in [-0.2, 0) is 4.74 Å². The van der Waals surface area contributed by atoms with E-state index < -0.39 is 11.9 Å². The van der Waals surface area contributed by atoms with Crippen LogP contribution in [0.2, 0.25) is 0 Å². The third-order valence-electron chi connectivity index (χ3n) is 3.46. The lowest BCUT2D eigenvalue weighted by atomic mass is 10.1. The topological polar surface area (TPSA) is 83.1 Å². The number of amides is 1. The molecule has 0 radical (unpaired) electrons. The number of rotatable bonds is 9. The van der Waals surface area contributed by atoms with Gasteiger partial charge < -0.3 is 24.3 Å². The van der Waals surface area contributed by atoms with Gasteiger partial charge in [0.2, 0.25) is 5.75 Å². The molecule has 0 saturated carbocycles.